The summed E-state index contributed by atoms with van der Waals surface area (Å²) in [6.07, 6.45) is 0. The molecule has 0 aromatic heterocycles. The van der Waals surface area contributed by atoms with Crippen LogP contribution in [-0.4, -0.2) is 15.2 Å². The molecule has 0 radical (unpaired) electrons. The van der Waals surface area contributed by atoms with Crippen molar-refractivity contribution in [2.75, 3.05) is 7.11 Å². The van der Waals surface area contributed by atoms with Gasteiger partial charge in [-0.25, -0.2) is 0 Å². The largest absolute Gasteiger partial charge is 0.497 e. The Hall–Kier alpha value is -2.58. The average molecular weight is 397 g/mol. The van der Waals surface area contributed by atoms with E-state index in [1.807, 2.05) is 0 Å². The third-order valence-electron chi connectivity index (χ3n) is 7.10. The highest BCUT2D eigenvalue weighted by Crippen LogP contribution is 2.45. The van der Waals surface area contributed by atoms with Crippen LogP contribution in [0.2, 0.25) is 11.1 Å². The van der Waals surface area contributed by atoms with E-state index in [1.165, 1.54) is 32.7 Å². The molecular weight excluding hydrogens is 368 g/mol. The molecule has 0 saturated heterocycles. The van der Waals surface area contributed by atoms with Crippen molar-refractivity contribution in [1.82, 2.24) is 0 Å². The Morgan fingerprint density at radius 3 is 2.10 bits per heavy atom. The van der Waals surface area contributed by atoms with Crippen LogP contribution in [0.3, 0.4) is 0 Å². The summed E-state index contributed by atoms with van der Waals surface area (Å²) in [5.74, 6) is 0.979. The van der Waals surface area contributed by atoms with Crippen LogP contribution < -0.4 is 15.1 Å². The SMILES string of the molecule is COc1cc2c3c(cc4ccccc4c3c1)-c1ccccc1[Si]2(C(C)C)C(C)C. The zero-order valence-corrected chi connectivity index (χ0v) is 18.9. The van der Waals surface area contributed by atoms with Crippen molar-refractivity contribution in [2.24, 2.45) is 0 Å². The zero-order valence-electron chi connectivity index (χ0n) is 17.9. The molecule has 1 nitrogen and oxygen atoms in total. The fourth-order valence-electron chi connectivity index (χ4n) is 6.01. The fourth-order valence-corrected chi connectivity index (χ4v) is 12.2. The van der Waals surface area contributed by atoms with Gasteiger partial charge in [0, 0.05) is 0 Å². The predicted octanol–water partition coefficient (Wildman–Crippen LogP) is 6.37. The smallest absolute Gasteiger partial charge is 0.124 e. The Morgan fingerprint density at radius 2 is 1.38 bits per heavy atom. The molecule has 5 rings (SSSR count). The molecule has 0 fully saturated rings. The first-order chi connectivity index (χ1) is 14.0. The van der Waals surface area contributed by atoms with Gasteiger partial charge in [0.05, 0.1) is 7.11 Å². The fraction of sp³-hybridized carbons (Fsp3) is 0.259. The number of methoxy groups -OCH3 is 1. The number of hydrogen-bond donors (Lipinski definition) is 0. The van der Waals surface area contributed by atoms with Gasteiger partial charge in [0.1, 0.15) is 13.8 Å². The first kappa shape index (κ1) is 18.4. The summed E-state index contributed by atoms with van der Waals surface area (Å²) in [5.41, 5.74) is 4.02. The Labute approximate surface area is 174 Å². The van der Waals surface area contributed by atoms with Crippen molar-refractivity contribution in [3.63, 3.8) is 0 Å². The molecule has 0 unspecified atom stereocenters. The molecular formula is C27H28OSi. The highest BCUT2D eigenvalue weighted by molar-refractivity contribution is 7.06. The summed E-state index contributed by atoms with van der Waals surface area (Å²) in [4.78, 5) is 0. The van der Waals surface area contributed by atoms with E-state index in [-0.39, 0.29) is 0 Å². The minimum Gasteiger partial charge on any atom is -0.497 e. The van der Waals surface area contributed by atoms with Crippen LogP contribution in [0.1, 0.15) is 27.7 Å². The lowest BCUT2D eigenvalue weighted by molar-refractivity contribution is 0.416. The number of benzene rings is 4. The molecule has 1 aliphatic rings. The molecule has 1 heterocycles. The maximum atomic E-state index is 5.84. The van der Waals surface area contributed by atoms with Gasteiger partial charge in [-0.15, -0.1) is 0 Å². The number of ether oxygens (including phenoxy) is 1. The number of hydrogen-bond acceptors (Lipinski definition) is 1. The average Bonchev–Trinajstić information content (AvgIpc) is 2.73. The molecule has 1 aliphatic heterocycles. The lowest BCUT2D eigenvalue weighted by Gasteiger charge is -2.45. The summed E-state index contributed by atoms with van der Waals surface area (Å²) in [6.45, 7) is 9.72. The monoisotopic (exact) mass is 396 g/mol. The lowest BCUT2D eigenvalue weighted by atomic mass is 9.92. The molecule has 0 bridgehead atoms. The zero-order chi connectivity index (χ0) is 20.3. The van der Waals surface area contributed by atoms with Gasteiger partial charge in [-0.1, -0.05) is 76.2 Å². The van der Waals surface area contributed by atoms with Crippen molar-refractivity contribution in [1.29, 1.82) is 0 Å². The van der Waals surface area contributed by atoms with Gasteiger partial charge in [0.2, 0.25) is 0 Å². The van der Waals surface area contributed by atoms with Gasteiger partial charge in [0.15, 0.2) is 0 Å². The van der Waals surface area contributed by atoms with E-state index in [4.69, 9.17) is 4.74 Å². The van der Waals surface area contributed by atoms with Crippen LogP contribution >= 0.6 is 0 Å². The maximum Gasteiger partial charge on any atom is 0.124 e. The molecule has 0 aliphatic carbocycles. The van der Waals surface area contributed by atoms with Gasteiger partial charge in [-0.3, -0.25) is 0 Å². The molecule has 0 spiro atoms. The van der Waals surface area contributed by atoms with Crippen molar-refractivity contribution in [3.05, 3.63) is 66.7 Å². The lowest BCUT2D eigenvalue weighted by Crippen LogP contribution is -2.64. The van der Waals surface area contributed by atoms with Crippen molar-refractivity contribution < 1.29 is 4.74 Å². The molecule has 0 N–H and O–H groups in total. The van der Waals surface area contributed by atoms with Crippen molar-refractivity contribution in [2.45, 2.75) is 38.8 Å². The van der Waals surface area contributed by atoms with Crippen molar-refractivity contribution in [3.8, 4) is 16.9 Å². The predicted molar refractivity (Wildman–Crippen MR) is 129 cm³/mol. The number of fused-ring (bicyclic) bond motifs is 4. The molecule has 146 valence electrons. The van der Waals surface area contributed by atoms with Crippen LogP contribution in [0, 0.1) is 0 Å². The second-order valence-corrected chi connectivity index (χ2v) is 14.1. The van der Waals surface area contributed by atoms with Crippen LogP contribution in [-0.2, 0) is 0 Å². The molecule has 0 atom stereocenters. The number of rotatable bonds is 3. The Balaban J connectivity index is 2.10. The third kappa shape index (κ3) is 2.33. The Morgan fingerprint density at radius 1 is 0.690 bits per heavy atom. The second kappa shape index (κ2) is 6.46. The molecule has 4 aromatic carbocycles. The van der Waals surface area contributed by atoms with E-state index < -0.39 is 8.07 Å². The first-order valence-corrected chi connectivity index (χ1v) is 12.8. The quantitative estimate of drug-likeness (QED) is 0.289. The van der Waals surface area contributed by atoms with E-state index in [2.05, 4.69) is 94.4 Å². The topological polar surface area (TPSA) is 9.23 Å². The van der Waals surface area contributed by atoms with Crippen LogP contribution in [0.25, 0.3) is 32.7 Å². The summed E-state index contributed by atoms with van der Waals surface area (Å²) < 4.78 is 5.84. The van der Waals surface area contributed by atoms with Crippen LogP contribution in [0.4, 0.5) is 0 Å². The first-order valence-electron chi connectivity index (χ1n) is 10.6. The highest BCUT2D eigenvalue weighted by Gasteiger charge is 2.48. The van der Waals surface area contributed by atoms with Gasteiger partial charge in [-0.05, 0) is 72.3 Å². The van der Waals surface area contributed by atoms with Crippen LogP contribution in [0.15, 0.2) is 66.7 Å². The van der Waals surface area contributed by atoms with E-state index >= 15 is 0 Å². The van der Waals surface area contributed by atoms with Gasteiger partial charge in [0.25, 0.3) is 0 Å². The molecule has 2 heteroatoms. The van der Waals surface area contributed by atoms with E-state index in [0.717, 1.165) is 5.75 Å². The summed E-state index contributed by atoms with van der Waals surface area (Å²) >= 11 is 0. The third-order valence-corrected chi connectivity index (χ3v) is 13.4. The summed E-state index contributed by atoms with van der Waals surface area (Å²) in [6, 6.07) is 25.0. The normalized spacial score (nSPS) is 14.6. The second-order valence-electron chi connectivity index (χ2n) is 8.97. The van der Waals surface area contributed by atoms with E-state index in [1.54, 1.807) is 17.5 Å². The molecule has 4 aromatic rings. The Kier molecular flexibility index (Phi) is 4.11. The summed E-state index contributed by atoms with van der Waals surface area (Å²) in [7, 11) is -0.228. The Bertz CT molecular complexity index is 1240. The van der Waals surface area contributed by atoms with Crippen LogP contribution in [0.5, 0.6) is 5.75 Å². The minimum absolute atomic E-state index is 0.596. The maximum absolute atomic E-state index is 5.84. The molecule has 0 amide bonds. The molecule has 0 saturated carbocycles. The van der Waals surface area contributed by atoms with E-state index in [0.29, 0.717) is 11.1 Å². The molecule has 29 heavy (non-hydrogen) atoms. The van der Waals surface area contributed by atoms with Gasteiger partial charge in [-0.2, -0.15) is 0 Å². The highest BCUT2D eigenvalue weighted by atomic mass is 28.3. The van der Waals surface area contributed by atoms with E-state index in [9.17, 15) is 0 Å². The standard InChI is InChI=1S/C27H28OSi/c1-17(2)29(18(3)4)25-13-9-8-12-22(25)23-14-19-10-6-7-11-21(19)24-15-20(28-5)16-26(29)27(23)24/h6-18H,1-5H3. The summed E-state index contributed by atoms with van der Waals surface area (Å²) in [5, 5.41) is 8.55. The van der Waals surface area contributed by atoms with Gasteiger partial charge >= 0.3 is 0 Å². The van der Waals surface area contributed by atoms with Gasteiger partial charge < -0.3 is 4.74 Å². The minimum atomic E-state index is -2.02. The van der Waals surface area contributed by atoms with Crippen molar-refractivity contribution >= 4 is 40.0 Å².